The number of nitrogen functional groups attached to an aromatic ring is 1. The maximum Gasteiger partial charge on any atom is 0.340 e. The second-order valence-corrected chi connectivity index (χ2v) is 5.98. The molecule has 18 heavy (non-hydrogen) atoms. The van der Waals surface area contributed by atoms with Crippen LogP contribution >= 0.6 is 27.7 Å². The van der Waals surface area contributed by atoms with Crippen LogP contribution in [0.1, 0.15) is 24.2 Å². The molecule has 2 N–H and O–H groups in total. The van der Waals surface area contributed by atoms with Gasteiger partial charge in [-0.15, -0.1) is 11.8 Å². The first-order valence-corrected chi connectivity index (χ1v) is 7.14. The van der Waals surface area contributed by atoms with E-state index in [-0.39, 0.29) is 11.3 Å². The van der Waals surface area contributed by atoms with Gasteiger partial charge in [-0.05, 0) is 27.9 Å². The van der Waals surface area contributed by atoms with Gasteiger partial charge in [0.15, 0.2) is 0 Å². The van der Waals surface area contributed by atoms with Crippen LogP contribution in [0.25, 0.3) is 0 Å². The topological polar surface area (TPSA) is 52.3 Å². The van der Waals surface area contributed by atoms with E-state index in [9.17, 15) is 9.18 Å². The van der Waals surface area contributed by atoms with Gasteiger partial charge >= 0.3 is 5.97 Å². The molecule has 0 radical (unpaired) electrons. The second kappa shape index (κ2) is 6.43. The Bertz CT molecular complexity index is 466. The lowest BCUT2D eigenvalue weighted by Gasteiger charge is -2.13. The molecule has 1 rings (SSSR count). The average Bonchev–Trinajstić information content (AvgIpc) is 2.32. The molecule has 0 amide bonds. The van der Waals surface area contributed by atoms with E-state index >= 15 is 0 Å². The molecule has 0 unspecified atom stereocenters. The minimum Gasteiger partial charge on any atom is -0.465 e. The number of hydrogen-bond acceptors (Lipinski definition) is 4. The standard InChI is InChI=1S/C12H15BrFNO2S/c1-6(2)5-18-11-9(13)8(14)4-7(10(11)15)12(16)17-3/h4,6H,5,15H2,1-3H3. The number of esters is 1. The fourth-order valence-electron chi connectivity index (χ4n) is 1.29. The Hall–Kier alpha value is -0.750. The highest BCUT2D eigenvalue weighted by Crippen LogP contribution is 2.38. The summed E-state index contributed by atoms with van der Waals surface area (Å²) in [5, 5.41) is 0. The van der Waals surface area contributed by atoms with E-state index in [4.69, 9.17) is 5.73 Å². The first-order chi connectivity index (χ1) is 8.38. The molecule has 0 bridgehead atoms. The molecule has 1 aromatic rings. The van der Waals surface area contributed by atoms with E-state index in [1.54, 1.807) is 0 Å². The summed E-state index contributed by atoms with van der Waals surface area (Å²) in [6.07, 6.45) is 0. The van der Waals surface area contributed by atoms with Crippen LogP contribution in [0.5, 0.6) is 0 Å². The van der Waals surface area contributed by atoms with Crippen LogP contribution in [0, 0.1) is 11.7 Å². The Labute approximate surface area is 118 Å². The number of carbonyl (C=O) groups excluding carboxylic acids is 1. The lowest BCUT2D eigenvalue weighted by atomic mass is 10.2. The quantitative estimate of drug-likeness (QED) is 0.517. The maximum atomic E-state index is 13.7. The Morgan fingerprint density at radius 3 is 2.72 bits per heavy atom. The Morgan fingerprint density at radius 1 is 1.61 bits per heavy atom. The summed E-state index contributed by atoms with van der Waals surface area (Å²) < 4.78 is 18.6. The van der Waals surface area contributed by atoms with E-state index in [1.807, 2.05) is 0 Å². The van der Waals surface area contributed by atoms with Gasteiger partial charge in [0.1, 0.15) is 5.82 Å². The molecule has 0 fully saturated rings. The number of hydrogen-bond donors (Lipinski definition) is 1. The highest BCUT2D eigenvalue weighted by Gasteiger charge is 2.20. The van der Waals surface area contributed by atoms with Crippen molar-refractivity contribution < 1.29 is 13.9 Å². The summed E-state index contributed by atoms with van der Waals surface area (Å²) in [7, 11) is 1.24. The third-order valence-corrected chi connectivity index (χ3v) is 4.76. The molecule has 0 aliphatic carbocycles. The molecule has 3 nitrogen and oxygen atoms in total. The molecule has 0 aliphatic heterocycles. The third-order valence-electron chi connectivity index (χ3n) is 2.18. The number of methoxy groups -OCH3 is 1. The lowest BCUT2D eigenvalue weighted by molar-refractivity contribution is 0.0601. The van der Waals surface area contributed by atoms with Crippen molar-refractivity contribution in [3.05, 3.63) is 21.9 Å². The van der Waals surface area contributed by atoms with Gasteiger partial charge in [-0.2, -0.15) is 0 Å². The Kier molecular flexibility index (Phi) is 5.47. The molecule has 6 heteroatoms. The molecule has 100 valence electrons. The van der Waals surface area contributed by atoms with Crippen LogP contribution in [0.3, 0.4) is 0 Å². The van der Waals surface area contributed by atoms with E-state index in [0.29, 0.717) is 15.3 Å². The zero-order valence-electron chi connectivity index (χ0n) is 10.4. The van der Waals surface area contributed by atoms with Gasteiger partial charge in [-0.25, -0.2) is 9.18 Å². The van der Waals surface area contributed by atoms with Crippen LogP contribution in [-0.4, -0.2) is 18.8 Å². The fraction of sp³-hybridized carbons (Fsp3) is 0.417. The van der Waals surface area contributed by atoms with Crippen LogP contribution in [0.4, 0.5) is 10.1 Å². The maximum absolute atomic E-state index is 13.7. The molecule has 0 aromatic heterocycles. The van der Waals surface area contributed by atoms with Gasteiger partial charge in [-0.1, -0.05) is 13.8 Å². The molecule has 0 spiro atoms. The van der Waals surface area contributed by atoms with Gasteiger partial charge in [0.2, 0.25) is 0 Å². The van der Waals surface area contributed by atoms with Crippen molar-refractivity contribution in [2.24, 2.45) is 5.92 Å². The van der Waals surface area contributed by atoms with Crippen molar-refractivity contribution in [2.75, 3.05) is 18.6 Å². The zero-order valence-corrected chi connectivity index (χ0v) is 12.8. The number of rotatable bonds is 4. The van der Waals surface area contributed by atoms with Crippen molar-refractivity contribution in [2.45, 2.75) is 18.7 Å². The highest BCUT2D eigenvalue weighted by molar-refractivity contribution is 9.10. The summed E-state index contributed by atoms with van der Waals surface area (Å²) in [5.41, 5.74) is 6.21. The molecule has 1 aromatic carbocycles. The fourth-order valence-corrected chi connectivity index (χ4v) is 2.95. The highest BCUT2D eigenvalue weighted by atomic mass is 79.9. The van der Waals surface area contributed by atoms with Crippen molar-refractivity contribution in [1.82, 2.24) is 0 Å². The predicted octanol–water partition coefficient (Wildman–Crippen LogP) is 3.71. The molecule has 0 heterocycles. The minimum absolute atomic E-state index is 0.0597. The van der Waals surface area contributed by atoms with Crippen molar-refractivity contribution in [3.63, 3.8) is 0 Å². The summed E-state index contributed by atoms with van der Waals surface area (Å²) in [5.74, 6) is 0.0691. The van der Waals surface area contributed by atoms with Gasteiger partial charge in [0.05, 0.1) is 22.8 Å². The van der Waals surface area contributed by atoms with E-state index in [0.717, 1.165) is 11.8 Å². The molecular weight excluding hydrogens is 321 g/mol. The van der Waals surface area contributed by atoms with Crippen molar-refractivity contribution in [3.8, 4) is 0 Å². The first kappa shape index (κ1) is 15.3. The average molecular weight is 336 g/mol. The van der Waals surface area contributed by atoms with Crippen LogP contribution in [-0.2, 0) is 4.74 Å². The van der Waals surface area contributed by atoms with Gasteiger partial charge in [0, 0.05) is 10.6 Å². The van der Waals surface area contributed by atoms with E-state index in [2.05, 4.69) is 34.5 Å². The third kappa shape index (κ3) is 3.38. The smallest absolute Gasteiger partial charge is 0.340 e. The summed E-state index contributed by atoms with van der Waals surface area (Å²) in [6.45, 7) is 4.11. The number of anilines is 1. The molecule has 0 saturated heterocycles. The number of halogens is 2. The molecule has 0 atom stereocenters. The van der Waals surface area contributed by atoms with Crippen LogP contribution in [0.2, 0.25) is 0 Å². The summed E-state index contributed by atoms with van der Waals surface area (Å²) in [6, 6.07) is 1.09. The lowest BCUT2D eigenvalue weighted by Crippen LogP contribution is -2.08. The number of carbonyl (C=O) groups is 1. The molecule has 0 aliphatic rings. The summed E-state index contributed by atoms with van der Waals surface area (Å²) >= 11 is 4.58. The van der Waals surface area contributed by atoms with Crippen LogP contribution < -0.4 is 5.73 Å². The monoisotopic (exact) mass is 335 g/mol. The largest absolute Gasteiger partial charge is 0.465 e. The van der Waals surface area contributed by atoms with E-state index in [1.165, 1.54) is 18.9 Å². The van der Waals surface area contributed by atoms with E-state index < -0.39 is 11.8 Å². The number of ether oxygens (including phenoxy) is 1. The van der Waals surface area contributed by atoms with Gasteiger partial charge in [0.25, 0.3) is 0 Å². The zero-order chi connectivity index (χ0) is 13.9. The second-order valence-electron chi connectivity index (χ2n) is 4.16. The SMILES string of the molecule is COC(=O)c1cc(F)c(Br)c(SCC(C)C)c1N. The van der Waals surface area contributed by atoms with Gasteiger partial charge < -0.3 is 10.5 Å². The van der Waals surface area contributed by atoms with Crippen molar-refractivity contribution in [1.29, 1.82) is 0 Å². The first-order valence-electron chi connectivity index (χ1n) is 5.37. The predicted molar refractivity (Wildman–Crippen MR) is 75.4 cm³/mol. The van der Waals surface area contributed by atoms with Gasteiger partial charge in [-0.3, -0.25) is 0 Å². The number of nitrogens with two attached hydrogens (primary N) is 1. The Morgan fingerprint density at radius 2 is 2.22 bits per heavy atom. The Balaban J connectivity index is 3.22. The van der Waals surface area contributed by atoms with Crippen molar-refractivity contribution >= 4 is 39.3 Å². The number of benzene rings is 1. The molecular formula is C12H15BrFNO2S. The summed E-state index contributed by atoms with van der Waals surface area (Å²) in [4.78, 5) is 12.0. The van der Waals surface area contributed by atoms with Crippen LogP contribution in [0.15, 0.2) is 15.4 Å². The molecule has 0 saturated carbocycles. The number of thioether (sulfide) groups is 1. The minimum atomic E-state index is -0.634. The normalized spacial score (nSPS) is 10.8.